The third-order valence-electron chi connectivity index (χ3n) is 4.70. The molecular weight excluding hydrogens is 328 g/mol. The summed E-state index contributed by atoms with van der Waals surface area (Å²) in [5.74, 6) is 2.82. The van der Waals surface area contributed by atoms with Gasteiger partial charge in [-0.2, -0.15) is 9.97 Å². The van der Waals surface area contributed by atoms with Crippen molar-refractivity contribution in [1.82, 2.24) is 29.9 Å². The molecule has 130 valence electrons. The molecule has 1 saturated carbocycles. The average molecular weight is 346 g/mol. The van der Waals surface area contributed by atoms with Crippen LogP contribution in [0.4, 0.5) is 17.5 Å². The second-order valence-electron chi connectivity index (χ2n) is 6.47. The molecule has 8 heteroatoms. The molecule has 0 aliphatic heterocycles. The molecule has 8 nitrogen and oxygen atoms in total. The van der Waals surface area contributed by atoms with Crippen LogP contribution in [0.15, 0.2) is 49.1 Å². The maximum absolute atomic E-state index is 4.65. The number of benzene rings is 1. The Hall–Kier alpha value is -3.42. The highest BCUT2D eigenvalue weighted by Crippen LogP contribution is 2.36. The van der Waals surface area contributed by atoms with Crippen molar-refractivity contribution in [3.8, 4) is 0 Å². The van der Waals surface area contributed by atoms with Crippen molar-refractivity contribution >= 4 is 28.6 Å². The largest absolute Gasteiger partial charge is 0.351 e. The van der Waals surface area contributed by atoms with E-state index < -0.39 is 0 Å². The minimum atomic E-state index is 0.339. The number of imidazole rings is 2. The van der Waals surface area contributed by atoms with Crippen molar-refractivity contribution in [1.29, 1.82) is 0 Å². The summed E-state index contributed by atoms with van der Waals surface area (Å²) < 4.78 is 0. The van der Waals surface area contributed by atoms with Gasteiger partial charge in [0, 0.05) is 30.0 Å². The van der Waals surface area contributed by atoms with Crippen molar-refractivity contribution in [2.75, 3.05) is 10.6 Å². The van der Waals surface area contributed by atoms with E-state index in [9.17, 15) is 0 Å². The van der Waals surface area contributed by atoms with Gasteiger partial charge in [-0.05, 0) is 25.0 Å². The van der Waals surface area contributed by atoms with Crippen LogP contribution in [0.1, 0.15) is 24.6 Å². The number of aromatic nitrogens is 6. The van der Waals surface area contributed by atoms with Crippen molar-refractivity contribution in [2.24, 2.45) is 0 Å². The van der Waals surface area contributed by atoms with E-state index in [4.69, 9.17) is 0 Å². The topological polar surface area (TPSA) is 107 Å². The normalized spacial score (nSPS) is 19.2. The van der Waals surface area contributed by atoms with Crippen molar-refractivity contribution < 1.29 is 0 Å². The highest BCUT2D eigenvalue weighted by Gasteiger charge is 2.32. The molecule has 0 atom stereocenters. The second kappa shape index (κ2) is 6.14. The minimum Gasteiger partial charge on any atom is -0.351 e. The molecule has 0 bridgehead atoms. The van der Waals surface area contributed by atoms with Gasteiger partial charge in [0.25, 0.3) is 0 Å². The maximum Gasteiger partial charge on any atom is 0.227 e. The van der Waals surface area contributed by atoms with Crippen molar-refractivity contribution in [2.45, 2.75) is 24.8 Å². The monoisotopic (exact) mass is 346 g/mol. The van der Waals surface area contributed by atoms with Crippen LogP contribution >= 0.6 is 0 Å². The van der Waals surface area contributed by atoms with Crippen molar-refractivity contribution in [3.63, 3.8) is 0 Å². The molecule has 0 radical (unpaired) electrons. The lowest BCUT2D eigenvalue weighted by Crippen LogP contribution is -2.35. The molecule has 0 saturated heterocycles. The third kappa shape index (κ3) is 2.75. The number of para-hydroxylation sites is 1. The van der Waals surface area contributed by atoms with Gasteiger partial charge in [0.1, 0.15) is 11.3 Å². The van der Waals surface area contributed by atoms with Crippen LogP contribution < -0.4 is 10.6 Å². The zero-order valence-corrected chi connectivity index (χ0v) is 14.0. The molecule has 5 rings (SSSR count). The van der Waals surface area contributed by atoms with Gasteiger partial charge in [-0.1, -0.05) is 18.2 Å². The highest BCUT2D eigenvalue weighted by molar-refractivity contribution is 5.86. The Bertz CT molecular complexity index is 1000. The predicted molar refractivity (Wildman–Crippen MR) is 99.4 cm³/mol. The Morgan fingerprint density at radius 3 is 2.69 bits per heavy atom. The fourth-order valence-corrected chi connectivity index (χ4v) is 3.29. The molecule has 26 heavy (non-hydrogen) atoms. The number of rotatable bonds is 5. The summed E-state index contributed by atoms with van der Waals surface area (Å²) in [4.78, 5) is 24.1. The van der Waals surface area contributed by atoms with Gasteiger partial charge in [-0.25, -0.2) is 9.97 Å². The van der Waals surface area contributed by atoms with Crippen LogP contribution in [0, 0.1) is 0 Å². The predicted octanol–water partition coefficient (Wildman–Crippen LogP) is 3.18. The second-order valence-corrected chi connectivity index (χ2v) is 6.47. The molecule has 0 amide bonds. The summed E-state index contributed by atoms with van der Waals surface area (Å²) in [6.07, 6.45) is 7.32. The van der Waals surface area contributed by atoms with E-state index in [0.717, 1.165) is 29.9 Å². The number of aromatic amines is 2. The van der Waals surface area contributed by atoms with Crippen LogP contribution in [-0.4, -0.2) is 35.9 Å². The van der Waals surface area contributed by atoms with Gasteiger partial charge in [0.2, 0.25) is 5.95 Å². The molecule has 1 fully saturated rings. The Morgan fingerprint density at radius 1 is 1.00 bits per heavy atom. The first-order valence-electron chi connectivity index (χ1n) is 8.64. The van der Waals surface area contributed by atoms with E-state index in [0.29, 0.717) is 29.4 Å². The summed E-state index contributed by atoms with van der Waals surface area (Å²) in [6, 6.07) is 10.3. The summed E-state index contributed by atoms with van der Waals surface area (Å²) in [5.41, 5.74) is 2.40. The molecule has 3 heterocycles. The minimum absolute atomic E-state index is 0.339. The van der Waals surface area contributed by atoms with Crippen LogP contribution in [0.25, 0.3) is 11.2 Å². The first-order valence-corrected chi connectivity index (χ1v) is 8.64. The standard InChI is InChI=1S/C18H18N8/c1-2-4-12(5-3-1)23-17-14-16(22-10-21-14)25-18(26-17)24-13-8-11(9-13)15-19-6-7-20-15/h1-7,10-11,13H,8-9H2,(H,19,20)(H3,21,22,23,24,25,26). The lowest BCUT2D eigenvalue weighted by Gasteiger charge is -2.34. The first-order chi connectivity index (χ1) is 12.8. The molecule has 3 aromatic heterocycles. The molecule has 4 aromatic rings. The van der Waals surface area contributed by atoms with E-state index >= 15 is 0 Å². The summed E-state index contributed by atoms with van der Waals surface area (Å²) in [5, 5.41) is 6.76. The SMILES string of the molecule is c1ccc(Nc2nc(NC3CC(c4ncc[nH]4)C3)nc3nc[nH]c23)cc1. The van der Waals surface area contributed by atoms with Gasteiger partial charge in [0.15, 0.2) is 11.5 Å². The fourth-order valence-electron chi connectivity index (χ4n) is 3.29. The molecule has 0 spiro atoms. The van der Waals surface area contributed by atoms with E-state index in [-0.39, 0.29) is 0 Å². The van der Waals surface area contributed by atoms with Gasteiger partial charge >= 0.3 is 0 Å². The lowest BCUT2D eigenvalue weighted by molar-refractivity contribution is 0.360. The zero-order chi connectivity index (χ0) is 17.3. The molecule has 1 aromatic carbocycles. The van der Waals surface area contributed by atoms with Gasteiger partial charge in [0.05, 0.1) is 6.33 Å². The quantitative estimate of drug-likeness (QED) is 0.442. The summed E-state index contributed by atoms with van der Waals surface area (Å²) in [6.45, 7) is 0. The lowest BCUT2D eigenvalue weighted by atomic mass is 9.80. The Morgan fingerprint density at radius 2 is 1.88 bits per heavy atom. The van der Waals surface area contributed by atoms with Gasteiger partial charge < -0.3 is 20.6 Å². The van der Waals surface area contributed by atoms with Crippen LogP contribution in [0.3, 0.4) is 0 Å². The number of hydrogen-bond acceptors (Lipinski definition) is 6. The third-order valence-corrected chi connectivity index (χ3v) is 4.70. The molecule has 0 unspecified atom stereocenters. The Kier molecular flexibility index (Phi) is 3.52. The van der Waals surface area contributed by atoms with Gasteiger partial charge in [-0.15, -0.1) is 0 Å². The average Bonchev–Trinajstić information content (AvgIpc) is 3.30. The first kappa shape index (κ1) is 14.9. The highest BCUT2D eigenvalue weighted by atomic mass is 15.2. The number of H-pyrrole nitrogens is 2. The number of fused-ring (bicyclic) bond motifs is 1. The van der Waals surface area contributed by atoms with Crippen LogP contribution in [0.5, 0.6) is 0 Å². The Balaban J connectivity index is 1.35. The Labute approximate surface area is 149 Å². The molecule has 1 aliphatic rings. The van der Waals surface area contributed by atoms with Crippen LogP contribution in [0.2, 0.25) is 0 Å². The summed E-state index contributed by atoms with van der Waals surface area (Å²) in [7, 11) is 0. The van der Waals surface area contributed by atoms with E-state index in [1.54, 1.807) is 12.5 Å². The number of nitrogens with zero attached hydrogens (tertiary/aromatic N) is 4. The number of nitrogens with one attached hydrogen (secondary N) is 4. The smallest absolute Gasteiger partial charge is 0.227 e. The molecular formula is C18H18N8. The van der Waals surface area contributed by atoms with E-state index in [1.807, 2.05) is 36.5 Å². The van der Waals surface area contributed by atoms with E-state index in [1.165, 1.54) is 0 Å². The van der Waals surface area contributed by atoms with Gasteiger partial charge in [-0.3, -0.25) is 0 Å². The summed E-state index contributed by atoms with van der Waals surface area (Å²) >= 11 is 0. The molecule has 1 aliphatic carbocycles. The number of hydrogen-bond donors (Lipinski definition) is 4. The zero-order valence-electron chi connectivity index (χ0n) is 14.0. The van der Waals surface area contributed by atoms with Crippen LogP contribution in [-0.2, 0) is 0 Å². The van der Waals surface area contributed by atoms with E-state index in [2.05, 4.69) is 40.5 Å². The number of anilines is 3. The maximum atomic E-state index is 4.65. The fraction of sp³-hybridized carbons (Fsp3) is 0.222. The molecule has 4 N–H and O–H groups in total. The van der Waals surface area contributed by atoms with Crippen molar-refractivity contribution in [3.05, 3.63) is 54.9 Å².